The minimum atomic E-state index is -0.130. The van der Waals surface area contributed by atoms with E-state index in [1.165, 1.54) is 17.4 Å². The van der Waals surface area contributed by atoms with Crippen LogP contribution in [0.2, 0.25) is 0 Å². The fourth-order valence-corrected chi connectivity index (χ4v) is 4.65. The number of aryl methyl sites for hydroxylation is 1. The van der Waals surface area contributed by atoms with Gasteiger partial charge in [-0.2, -0.15) is 11.3 Å². The largest absolute Gasteiger partial charge is 0.338 e. The van der Waals surface area contributed by atoms with Crippen LogP contribution in [0, 0.1) is 6.92 Å². The molecule has 0 aliphatic carbocycles. The smallest absolute Gasteiger partial charge is 0.265 e. The second kappa shape index (κ2) is 7.13. The first-order valence-corrected chi connectivity index (χ1v) is 10.3. The van der Waals surface area contributed by atoms with Crippen LogP contribution in [-0.4, -0.2) is 38.8 Å². The molecule has 3 aromatic rings. The van der Waals surface area contributed by atoms with Crippen LogP contribution in [0.3, 0.4) is 0 Å². The van der Waals surface area contributed by atoms with Gasteiger partial charge in [-0.15, -0.1) is 11.3 Å². The molecule has 4 rings (SSSR count). The third-order valence-electron chi connectivity index (χ3n) is 4.69. The van der Waals surface area contributed by atoms with Crippen LogP contribution in [0.25, 0.3) is 11.3 Å². The lowest BCUT2D eigenvalue weighted by molar-refractivity contribution is 0.0715. The molecule has 0 spiro atoms. The Kier molecular flexibility index (Phi) is 4.69. The number of nitrogens with one attached hydrogen (secondary N) is 1. The highest BCUT2D eigenvalue weighted by Crippen LogP contribution is 2.28. The minimum Gasteiger partial charge on any atom is -0.338 e. The van der Waals surface area contributed by atoms with E-state index in [0.29, 0.717) is 18.8 Å². The van der Waals surface area contributed by atoms with Gasteiger partial charge in [0.25, 0.3) is 11.5 Å². The first-order chi connectivity index (χ1) is 12.6. The number of rotatable bonds is 3. The van der Waals surface area contributed by atoms with E-state index in [1.54, 1.807) is 16.8 Å². The Labute approximate surface area is 158 Å². The second-order valence-electron chi connectivity index (χ2n) is 6.36. The van der Waals surface area contributed by atoms with Crippen LogP contribution in [0.15, 0.2) is 33.2 Å². The van der Waals surface area contributed by atoms with E-state index in [9.17, 15) is 9.59 Å². The third kappa shape index (κ3) is 3.34. The maximum atomic E-state index is 12.6. The van der Waals surface area contributed by atoms with Crippen molar-refractivity contribution in [3.8, 4) is 11.3 Å². The highest BCUT2D eigenvalue weighted by molar-refractivity contribution is 7.11. The molecule has 1 N–H and O–H groups in total. The Hall–Kier alpha value is -2.32. The molecule has 4 heterocycles. The first kappa shape index (κ1) is 17.1. The number of nitrogens with zero attached hydrogens (tertiary/aromatic N) is 3. The van der Waals surface area contributed by atoms with Gasteiger partial charge in [-0.1, -0.05) is 0 Å². The maximum absolute atomic E-state index is 12.6. The van der Waals surface area contributed by atoms with Crippen LogP contribution in [0.1, 0.15) is 39.9 Å². The lowest BCUT2D eigenvalue weighted by Gasteiger charge is -2.31. The van der Waals surface area contributed by atoms with Gasteiger partial charge in [0, 0.05) is 36.0 Å². The van der Waals surface area contributed by atoms with Crippen molar-refractivity contribution in [2.45, 2.75) is 25.7 Å². The van der Waals surface area contributed by atoms with Crippen molar-refractivity contribution in [3.63, 3.8) is 0 Å². The van der Waals surface area contributed by atoms with Crippen LogP contribution < -0.4 is 5.56 Å². The Bertz CT molecular complexity index is 969. The summed E-state index contributed by atoms with van der Waals surface area (Å²) in [5.41, 5.74) is 4.05. The van der Waals surface area contributed by atoms with Crippen molar-refractivity contribution in [2.24, 2.45) is 0 Å². The van der Waals surface area contributed by atoms with Gasteiger partial charge in [-0.25, -0.2) is 9.97 Å². The number of hydrogen-bond donors (Lipinski definition) is 1. The predicted octanol–water partition coefficient (Wildman–Crippen LogP) is 3.28. The van der Waals surface area contributed by atoms with Crippen LogP contribution in [-0.2, 0) is 0 Å². The molecule has 1 amide bonds. The molecule has 8 heteroatoms. The van der Waals surface area contributed by atoms with Gasteiger partial charge in [0.1, 0.15) is 10.7 Å². The molecule has 26 heavy (non-hydrogen) atoms. The number of thiazole rings is 1. The summed E-state index contributed by atoms with van der Waals surface area (Å²) >= 11 is 2.97. The zero-order valence-corrected chi connectivity index (χ0v) is 15.9. The highest BCUT2D eigenvalue weighted by atomic mass is 32.1. The summed E-state index contributed by atoms with van der Waals surface area (Å²) in [6.45, 7) is 3.18. The Balaban J connectivity index is 1.49. The molecular formula is C18H18N4O2S2. The molecule has 1 aliphatic heterocycles. The van der Waals surface area contributed by atoms with Crippen LogP contribution in [0.4, 0.5) is 0 Å². The summed E-state index contributed by atoms with van der Waals surface area (Å²) in [6.07, 6.45) is 1.58. The standard InChI is InChI=1S/C18H18N4O2S2/c1-11-16(26-10-19-11)18(24)22-5-2-12(3-6-22)17-20-14(8-15(23)21-17)13-4-7-25-9-13/h4,7-10,12H,2-3,5-6H2,1H3,(H,20,21,23). The fraction of sp³-hybridized carbons (Fsp3) is 0.333. The van der Waals surface area contributed by atoms with Crippen molar-refractivity contribution in [3.05, 3.63) is 55.2 Å². The van der Waals surface area contributed by atoms with Gasteiger partial charge in [0.15, 0.2) is 0 Å². The highest BCUT2D eigenvalue weighted by Gasteiger charge is 2.27. The number of carbonyl (C=O) groups excluding carboxylic acids is 1. The lowest BCUT2D eigenvalue weighted by Crippen LogP contribution is -2.38. The molecule has 0 aromatic carbocycles. The van der Waals surface area contributed by atoms with Gasteiger partial charge in [-0.3, -0.25) is 9.59 Å². The van der Waals surface area contributed by atoms with Crippen LogP contribution >= 0.6 is 22.7 Å². The molecule has 0 radical (unpaired) electrons. The topological polar surface area (TPSA) is 79.0 Å². The first-order valence-electron chi connectivity index (χ1n) is 8.45. The molecule has 1 saturated heterocycles. The Morgan fingerprint density at radius 2 is 2.15 bits per heavy atom. The molecule has 0 atom stereocenters. The molecule has 3 aromatic heterocycles. The van der Waals surface area contributed by atoms with Crippen molar-refractivity contribution >= 4 is 28.6 Å². The average Bonchev–Trinajstić information content (AvgIpc) is 3.32. The summed E-state index contributed by atoms with van der Waals surface area (Å²) in [7, 11) is 0. The molecule has 0 saturated carbocycles. The van der Waals surface area contributed by atoms with E-state index in [1.807, 2.05) is 28.7 Å². The van der Waals surface area contributed by atoms with Gasteiger partial charge < -0.3 is 9.88 Å². The summed E-state index contributed by atoms with van der Waals surface area (Å²) in [6, 6.07) is 3.51. The van der Waals surface area contributed by atoms with Crippen molar-refractivity contribution in [2.75, 3.05) is 13.1 Å². The number of aromatic nitrogens is 3. The van der Waals surface area contributed by atoms with Crippen LogP contribution in [0.5, 0.6) is 0 Å². The normalized spacial score (nSPS) is 15.3. The molecule has 0 unspecified atom stereocenters. The van der Waals surface area contributed by atoms with E-state index in [-0.39, 0.29) is 17.4 Å². The monoisotopic (exact) mass is 386 g/mol. The third-order valence-corrected chi connectivity index (χ3v) is 6.29. The zero-order chi connectivity index (χ0) is 18.1. The van der Waals surface area contributed by atoms with Crippen molar-refractivity contribution in [1.82, 2.24) is 19.9 Å². The van der Waals surface area contributed by atoms with E-state index in [0.717, 1.165) is 34.8 Å². The number of piperidine rings is 1. The Morgan fingerprint density at radius 1 is 1.35 bits per heavy atom. The summed E-state index contributed by atoms with van der Waals surface area (Å²) in [4.78, 5) is 39.0. The lowest BCUT2D eigenvalue weighted by atomic mass is 9.95. The van der Waals surface area contributed by atoms with Gasteiger partial charge in [-0.05, 0) is 31.2 Å². The number of amides is 1. The number of likely N-dealkylation sites (tertiary alicyclic amines) is 1. The van der Waals surface area contributed by atoms with E-state index in [2.05, 4.69) is 15.0 Å². The predicted molar refractivity (Wildman–Crippen MR) is 103 cm³/mol. The zero-order valence-electron chi connectivity index (χ0n) is 14.3. The number of thiophene rings is 1. The van der Waals surface area contributed by atoms with Gasteiger partial charge >= 0.3 is 0 Å². The summed E-state index contributed by atoms with van der Waals surface area (Å²) < 4.78 is 0. The van der Waals surface area contributed by atoms with Crippen molar-refractivity contribution in [1.29, 1.82) is 0 Å². The van der Waals surface area contributed by atoms with E-state index >= 15 is 0 Å². The molecule has 134 valence electrons. The molecule has 0 bridgehead atoms. The van der Waals surface area contributed by atoms with E-state index < -0.39 is 0 Å². The number of H-pyrrole nitrogens is 1. The fourth-order valence-electron chi connectivity index (χ4n) is 3.23. The summed E-state index contributed by atoms with van der Waals surface area (Å²) in [5.74, 6) is 0.935. The van der Waals surface area contributed by atoms with Crippen molar-refractivity contribution < 1.29 is 4.79 Å². The number of hydrogen-bond acceptors (Lipinski definition) is 6. The van der Waals surface area contributed by atoms with Gasteiger partial charge in [0.2, 0.25) is 0 Å². The summed E-state index contributed by atoms with van der Waals surface area (Å²) in [5, 5.41) is 3.97. The quantitative estimate of drug-likeness (QED) is 0.749. The Morgan fingerprint density at radius 3 is 2.81 bits per heavy atom. The van der Waals surface area contributed by atoms with Gasteiger partial charge in [0.05, 0.1) is 16.9 Å². The number of carbonyl (C=O) groups is 1. The molecule has 6 nitrogen and oxygen atoms in total. The maximum Gasteiger partial charge on any atom is 0.265 e. The second-order valence-corrected chi connectivity index (χ2v) is 8.00. The number of aromatic amines is 1. The van der Waals surface area contributed by atoms with E-state index in [4.69, 9.17) is 0 Å². The molecule has 1 aliphatic rings. The minimum absolute atomic E-state index is 0.0527. The average molecular weight is 387 g/mol. The SMILES string of the molecule is Cc1ncsc1C(=O)N1CCC(c2nc(-c3ccsc3)cc(=O)[nH]2)CC1. The molecule has 1 fully saturated rings. The molecular weight excluding hydrogens is 368 g/mol.